The minimum absolute atomic E-state index is 0.0501. The first-order valence-corrected chi connectivity index (χ1v) is 7.84. The molecule has 2 rings (SSSR count). The summed E-state index contributed by atoms with van der Waals surface area (Å²) < 4.78 is 13.3. The van der Waals surface area contributed by atoms with Gasteiger partial charge in [0, 0.05) is 23.0 Å². The van der Waals surface area contributed by atoms with Gasteiger partial charge in [-0.2, -0.15) is 11.8 Å². The lowest BCUT2D eigenvalue weighted by atomic mass is 10.1. The molecule has 0 amide bonds. The van der Waals surface area contributed by atoms with Gasteiger partial charge >= 0.3 is 0 Å². The van der Waals surface area contributed by atoms with E-state index in [1.54, 1.807) is 0 Å². The molecule has 0 bridgehead atoms. The van der Waals surface area contributed by atoms with Crippen LogP contribution in [0, 0.1) is 17.7 Å². The van der Waals surface area contributed by atoms with E-state index in [1.807, 2.05) is 17.8 Å². The molecule has 0 radical (unpaired) electrons. The van der Waals surface area contributed by atoms with Gasteiger partial charge in [-0.05, 0) is 30.5 Å². The van der Waals surface area contributed by atoms with Gasteiger partial charge in [0.1, 0.15) is 5.82 Å². The molecule has 1 aliphatic rings. The largest absolute Gasteiger partial charge is 0.395 e. The Morgan fingerprint density at radius 2 is 2.11 bits per heavy atom. The fraction of sp³-hybridized carbons (Fsp3) is 0.500. The second kappa shape index (κ2) is 7.57. The molecule has 1 aliphatic carbocycles. The Kier molecular flexibility index (Phi) is 5.75. The van der Waals surface area contributed by atoms with Crippen molar-refractivity contribution in [2.45, 2.75) is 43.1 Å². The van der Waals surface area contributed by atoms with Gasteiger partial charge in [-0.25, -0.2) is 4.39 Å². The SMILES string of the molecule is OCCC#Cc1cc(F)ccc1CSC1CCCC1. The summed E-state index contributed by atoms with van der Waals surface area (Å²) in [5.41, 5.74) is 1.86. The average Bonchev–Trinajstić information content (AvgIpc) is 2.91. The van der Waals surface area contributed by atoms with E-state index in [-0.39, 0.29) is 12.4 Å². The maximum Gasteiger partial charge on any atom is 0.124 e. The quantitative estimate of drug-likeness (QED) is 0.847. The van der Waals surface area contributed by atoms with E-state index in [1.165, 1.54) is 37.8 Å². The van der Waals surface area contributed by atoms with Gasteiger partial charge in [0.15, 0.2) is 0 Å². The Morgan fingerprint density at radius 3 is 2.84 bits per heavy atom. The van der Waals surface area contributed by atoms with Crippen LogP contribution >= 0.6 is 11.8 Å². The molecule has 1 saturated carbocycles. The van der Waals surface area contributed by atoms with Crippen LogP contribution in [-0.2, 0) is 5.75 Å². The molecular formula is C16H19FOS. The van der Waals surface area contributed by atoms with Crippen molar-refractivity contribution < 1.29 is 9.50 Å². The van der Waals surface area contributed by atoms with Crippen LogP contribution in [0.5, 0.6) is 0 Å². The highest BCUT2D eigenvalue weighted by Crippen LogP contribution is 2.32. The Morgan fingerprint density at radius 1 is 1.32 bits per heavy atom. The van der Waals surface area contributed by atoms with Crippen molar-refractivity contribution in [3.05, 3.63) is 35.1 Å². The Balaban J connectivity index is 2.03. The van der Waals surface area contributed by atoms with Crippen LogP contribution in [0.3, 0.4) is 0 Å². The average molecular weight is 278 g/mol. The molecule has 19 heavy (non-hydrogen) atoms. The normalized spacial score (nSPS) is 15.3. The van der Waals surface area contributed by atoms with Crippen molar-refractivity contribution in [2.24, 2.45) is 0 Å². The zero-order valence-electron chi connectivity index (χ0n) is 11.0. The molecule has 0 aromatic heterocycles. The zero-order valence-corrected chi connectivity index (χ0v) is 11.8. The lowest BCUT2D eigenvalue weighted by Crippen LogP contribution is -1.97. The Labute approximate surface area is 118 Å². The molecule has 3 heteroatoms. The molecule has 0 heterocycles. The van der Waals surface area contributed by atoms with Gasteiger partial charge in [0.25, 0.3) is 0 Å². The van der Waals surface area contributed by atoms with Crippen molar-refractivity contribution in [1.29, 1.82) is 0 Å². The summed E-state index contributed by atoms with van der Waals surface area (Å²) in [7, 11) is 0. The van der Waals surface area contributed by atoms with E-state index in [0.717, 1.165) is 22.1 Å². The number of hydrogen-bond donors (Lipinski definition) is 1. The van der Waals surface area contributed by atoms with Crippen LogP contribution in [0.1, 0.15) is 43.2 Å². The van der Waals surface area contributed by atoms with Gasteiger partial charge in [0.2, 0.25) is 0 Å². The monoisotopic (exact) mass is 278 g/mol. The summed E-state index contributed by atoms with van der Waals surface area (Å²) in [6.45, 7) is 0.0501. The molecule has 1 fully saturated rings. The van der Waals surface area contributed by atoms with Crippen molar-refractivity contribution in [1.82, 2.24) is 0 Å². The molecule has 1 nitrogen and oxygen atoms in total. The van der Waals surface area contributed by atoms with Gasteiger partial charge in [0.05, 0.1) is 6.61 Å². The van der Waals surface area contributed by atoms with Crippen molar-refractivity contribution in [2.75, 3.05) is 6.61 Å². The molecule has 1 N–H and O–H groups in total. The molecular weight excluding hydrogens is 259 g/mol. The van der Waals surface area contributed by atoms with E-state index in [9.17, 15) is 4.39 Å². The molecule has 0 atom stereocenters. The highest BCUT2D eigenvalue weighted by Gasteiger charge is 2.15. The van der Waals surface area contributed by atoms with E-state index in [0.29, 0.717) is 6.42 Å². The molecule has 0 spiro atoms. The highest BCUT2D eigenvalue weighted by atomic mass is 32.2. The first-order chi connectivity index (χ1) is 9.29. The van der Waals surface area contributed by atoms with Crippen molar-refractivity contribution >= 4 is 11.8 Å². The number of benzene rings is 1. The summed E-state index contributed by atoms with van der Waals surface area (Å²) in [5.74, 6) is 6.49. The van der Waals surface area contributed by atoms with Gasteiger partial charge in [-0.3, -0.25) is 0 Å². The van der Waals surface area contributed by atoms with E-state index in [2.05, 4.69) is 11.8 Å². The predicted octanol–water partition coefficient (Wildman–Crippen LogP) is 3.74. The summed E-state index contributed by atoms with van der Waals surface area (Å²) >= 11 is 1.96. The van der Waals surface area contributed by atoms with E-state index >= 15 is 0 Å². The van der Waals surface area contributed by atoms with Crippen LogP contribution in [0.2, 0.25) is 0 Å². The summed E-state index contributed by atoms with van der Waals surface area (Å²) in [6, 6.07) is 4.83. The maximum atomic E-state index is 13.3. The number of rotatable bonds is 4. The fourth-order valence-electron chi connectivity index (χ4n) is 2.27. The molecule has 0 aliphatic heterocycles. The third-order valence-electron chi connectivity index (χ3n) is 3.31. The van der Waals surface area contributed by atoms with Crippen LogP contribution < -0.4 is 0 Å². The van der Waals surface area contributed by atoms with Gasteiger partial charge in [-0.15, -0.1) is 0 Å². The fourth-order valence-corrected chi connectivity index (χ4v) is 3.60. The van der Waals surface area contributed by atoms with Crippen molar-refractivity contribution in [3.8, 4) is 11.8 Å². The number of aliphatic hydroxyl groups is 1. The maximum absolute atomic E-state index is 13.3. The predicted molar refractivity (Wildman–Crippen MR) is 78.5 cm³/mol. The van der Waals surface area contributed by atoms with Crippen LogP contribution in [0.15, 0.2) is 18.2 Å². The third-order valence-corrected chi connectivity index (χ3v) is 4.73. The third kappa shape index (κ3) is 4.56. The number of halogens is 1. The van der Waals surface area contributed by atoms with E-state index < -0.39 is 0 Å². The second-order valence-corrected chi connectivity index (χ2v) is 6.08. The lowest BCUT2D eigenvalue weighted by Gasteiger charge is -2.10. The smallest absolute Gasteiger partial charge is 0.124 e. The first kappa shape index (κ1) is 14.4. The van der Waals surface area contributed by atoms with Crippen LogP contribution in [0.4, 0.5) is 4.39 Å². The highest BCUT2D eigenvalue weighted by molar-refractivity contribution is 7.99. The molecule has 102 valence electrons. The summed E-state index contributed by atoms with van der Waals surface area (Å²) in [4.78, 5) is 0. The number of aliphatic hydroxyl groups excluding tert-OH is 1. The topological polar surface area (TPSA) is 20.2 Å². The van der Waals surface area contributed by atoms with Crippen molar-refractivity contribution in [3.63, 3.8) is 0 Å². The minimum atomic E-state index is -0.247. The Bertz CT molecular complexity index is 469. The lowest BCUT2D eigenvalue weighted by molar-refractivity contribution is 0.305. The Hall–Kier alpha value is -0.980. The standard InChI is InChI=1S/C16H19FOS/c17-15-9-8-14(12-19-16-6-1-2-7-16)13(11-15)5-3-4-10-18/h8-9,11,16,18H,1-2,4,6-7,10,12H2. The van der Waals surface area contributed by atoms with Gasteiger partial charge in [-0.1, -0.05) is 30.7 Å². The summed E-state index contributed by atoms with van der Waals surface area (Å²) in [6.07, 6.45) is 5.72. The molecule has 0 saturated heterocycles. The molecule has 1 aromatic rings. The minimum Gasteiger partial charge on any atom is -0.395 e. The second-order valence-electron chi connectivity index (χ2n) is 4.79. The van der Waals surface area contributed by atoms with Crippen LogP contribution in [0.25, 0.3) is 0 Å². The molecule has 1 aromatic carbocycles. The van der Waals surface area contributed by atoms with Crippen LogP contribution in [-0.4, -0.2) is 17.0 Å². The number of hydrogen-bond acceptors (Lipinski definition) is 2. The first-order valence-electron chi connectivity index (χ1n) is 6.79. The van der Waals surface area contributed by atoms with E-state index in [4.69, 9.17) is 5.11 Å². The summed E-state index contributed by atoms with van der Waals surface area (Å²) in [5, 5.41) is 9.49. The molecule has 0 unspecified atom stereocenters. The number of thioether (sulfide) groups is 1. The zero-order chi connectivity index (χ0) is 13.5. The van der Waals surface area contributed by atoms with Gasteiger partial charge < -0.3 is 5.11 Å².